The molecule has 0 saturated heterocycles. The summed E-state index contributed by atoms with van der Waals surface area (Å²) in [5.74, 6) is -0.351. The van der Waals surface area contributed by atoms with E-state index in [0.29, 0.717) is 11.5 Å². The minimum atomic E-state index is -0.894. The van der Waals surface area contributed by atoms with E-state index in [9.17, 15) is 9.59 Å². The molecule has 1 aliphatic carbocycles. The molecule has 0 radical (unpaired) electrons. The van der Waals surface area contributed by atoms with Crippen LogP contribution in [0.2, 0.25) is 0 Å². The van der Waals surface area contributed by atoms with E-state index >= 15 is 0 Å². The van der Waals surface area contributed by atoms with Crippen LogP contribution < -0.4 is 9.47 Å². The zero-order chi connectivity index (χ0) is 16.1. The van der Waals surface area contributed by atoms with Gasteiger partial charge in [-0.2, -0.15) is 0 Å². The summed E-state index contributed by atoms with van der Waals surface area (Å²) < 4.78 is 10.5. The van der Waals surface area contributed by atoms with Gasteiger partial charge in [-0.1, -0.05) is 6.92 Å². The maximum absolute atomic E-state index is 12.3. The van der Waals surface area contributed by atoms with E-state index in [1.54, 1.807) is 43.2 Å². The molecule has 120 valence electrons. The lowest BCUT2D eigenvalue weighted by atomic mass is 10.1. The van der Waals surface area contributed by atoms with Crippen molar-refractivity contribution in [1.29, 1.82) is 0 Å². The van der Waals surface area contributed by atoms with Crippen molar-refractivity contribution in [3.05, 3.63) is 24.3 Å². The number of benzene rings is 1. The first-order valence-electron chi connectivity index (χ1n) is 7.30. The van der Waals surface area contributed by atoms with E-state index in [1.807, 2.05) is 0 Å². The molecular formula is C16H21NO5. The number of ether oxygens (including phenoxy) is 2. The Morgan fingerprint density at radius 3 is 2.36 bits per heavy atom. The molecule has 1 saturated carbocycles. The zero-order valence-corrected chi connectivity index (χ0v) is 12.8. The van der Waals surface area contributed by atoms with Crippen molar-refractivity contribution in [2.45, 2.75) is 25.8 Å². The number of carboxylic acids is 1. The van der Waals surface area contributed by atoms with Crippen molar-refractivity contribution in [3.8, 4) is 11.5 Å². The summed E-state index contributed by atoms with van der Waals surface area (Å²) in [5.41, 5.74) is 0. The molecule has 2 rings (SSSR count). The molecule has 0 aliphatic heterocycles. The van der Waals surface area contributed by atoms with Crippen LogP contribution in [-0.4, -0.2) is 48.2 Å². The number of carbonyl (C=O) groups excluding carboxylic acids is 1. The van der Waals surface area contributed by atoms with Gasteiger partial charge in [0, 0.05) is 12.6 Å². The summed E-state index contributed by atoms with van der Waals surface area (Å²) in [6, 6.07) is 7.13. The molecule has 1 aliphatic rings. The van der Waals surface area contributed by atoms with Crippen molar-refractivity contribution in [1.82, 2.24) is 4.90 Å². The normalized spacial score (nSPS) is 15.0. The van der Waals surface area contributed by atoms with Crippen LogP contribution in [0.5, 0.6) is 11.5 Å². The minimum Gasteiger partial charge on any atom is -0.497 e. The second kappa shape index (κ2) is 7.15. The molecule has 0 heterocycles. The number of amides is 1. The Morgan fingerprint density at radius 2 is 1.86 bits per heavy atom. The molecule has 1 N–H and O–H groups in total. The van der Waals surface area contributed by atoms with Crippen molar-refractivity contribution in [3.63, 3.8) is 0 Å². The van der Waals surface area contributed by atoms with E-state index in [-0.39, 0.29) is 25.1 Å². The van der Waals surface area contributed by atoms with Gasteiger partial charge in [-0.25, -0.2) is 0 Å². The van der Waals surface area contributed by atoms with Gasteiger partial charge in [0.1, 0.15) is 11.5 Å². The van der Waals surface area contributed by atoms with Crippen LogP contribution in [0.15, 0.2) is 24.3 Å². The number of hydrogen-bond acceptors (Lipinski definition) is 4. The van der Waals surface area contributed by atoms with Gasteiger partial charge in [0.2, 0.25) is 0 Å². The van der Waals surface area contributed by atoms with Gasteiger partial charge in [0.15, 0.2) is 6.61 Å². The van der Waals surface area contributed by atoms with Crippen LogP contribution in [0.1, 0.15) is 19.8 Å². The van der Waals surface area contributed by atoms with Crippen LogP contribution in [0.25, 0.3) is 0 Å². The first-order valence-corrected chi connectivity index (χ1v) is 7.30. The molecule has 22 heavy (non-hydrogen) atoms. The maximum atomic E-state index is 12.3. The lowest BCUT2D eigenvalue weighted by molar-refractivity contribution is -0.143. The molecular weight excluding hydrogens is 286 g/mol. The monoisotopic (exact) mass is 307 g/mol. The van der Waals surface area contributed by atoms with Crippen molar-refractivity contribution in [2.75, 3.05) is 20.3 Å². The van der Waals surface area contributed by atoms with Gasteiger partial charge < -0.3 is 19.5 Å². The van der Waals surface area contributed by atoms with E-state index in [1.165, 1.54) is 0 Å². The number of hydrogen-bond donors (Lipinski definition) is 1. The fourth-order valence-corrected chi connectivity index (χ4v) is 2.11. The standard InChI is InChI=1S/C16H21NO5/c1-11(16(19)20)9-17(12-3-4-12)15(18)10-22-14-7-5-13(21-2)6-8-14/h5-8,11-12H,3-4,9-10H2,1-2H3,(H,19,20). The molecule has 0 aromatic heterocycles. The quantitative estimate of drug-likeness (QED) is 0.792. The molecule has 1 unspecified atom stereocenters. The van der Waals surface area contributed by atoms with Crippen LogP contribution in [0.4, 0.5) is 0 Å². The molecule has 1 aromatic carbocycles. The first kappa shape index (κ1) is 16.1. The summed E-state index contributed by atoms with van der Waals surface area (Å²) in [6.45, 7) is 1.75. The number of rotatable bonds is 8. The van der Waals surface area contributed by atoms with E-state index in [4.69, 9.17) is 14.6 Å². The van der Waals surface area contributed by atoms with Crippen molar-refractivity contribution >= 4 is 11.9 Å². The molecule has 1 atom stereocenters. The number of aliphatic carboxylic acids is 1. The second-order valence-electron chi connectivity index (χ2n) is 5.48. The van der Waals surface area contributed by atoms with Crippen molar-refractivity contribution in [2.24, 2.45) is 5.92 Å². The van der Waals surface area contributed by atoms with E-state index < -0.39 is 11.9 Å². The molecule has 6 heteroatoms. The predicted molar refractivity (Wildman–Crippen MR) is 80.0 cm³/mol. The summed E-state index contributed by atoms with van der Waals surface area (Å²) >= 11 is 0. The molecule has 1 amide bonds. The minimum absolute atomic E-state index is 0.0881. The summed E-state index contributed by atoms with van der Waals surface area (Å²) in [5, 5.41) is 8.99. The Labute approximate surface area is 129 Å². The topological polar surface area (TPSA) is 76.1 Å². The highest BCUT2D eigenvalue weighted by Gasteiger charge is 2.34. The predicted octanol–water partition coefficient (Wildman–Crippen LogP) is 1.79. The van der Waals surface area contributed by atoms with Gasteiger partial charge in [0.05, 0.1) is 13.0 Å². The number of carbonyl (C=O) groups is 2. The van der Waals surface area contributed by atoms with E-state index in [2.05, 4.69) is 0 Å². The Bertz CT molecular complexity index is 524. The molecule has 0 bridgehead atoms. The fourth-order valence-electron chi connectivity index (χ4n) is 2.11. The van der Waals surface area contributed by atoms with Gasteiger partial charge in [-0.15, -0.1) is 0 Å². The lowest BCUT2D eigenvalue weighted by Gasteiger charge is -2.24. The molecule has 0 spiro atoms. The Balaban J connectivity index is 1.89. The van der Waals surface area contributed by atoms with Gasteiger partial charge >= 0.3 is 5.97 Å². The van der Waals surface area contributed by atoms with Crippen LogP contribution >= 0.6 is 0 Å². The highest BCUT2D eigenvalue weighted by molar-refractivity contribution is 5.79. The largest absolute Gasteiger partial charge is 0.497 e. The van der Waals surface area contributed by atoms with Crippen molar-refractivity contribution < 1.29 is 24.2 Å². The highest BCUT2D eigenvalue weighted by atomic mass is 16.5. The third kappa shape index (κ3) is 4.38. The maximum Gasteiger partial charge on any atom is 0.308 e. The third-order valence-corrected chi connectivity index (χ3v) is 3.62. The summed E-state index contributed by atoms with van der Waals surface area (Å²) in [6.07, 6.45) is 1.86. The first-order chi connectivity index (χ1) is 10.5. The van der Waals surface area contributed by atoms with Gasteiger partial charge in [-0.3, -0.25) is 9.59 Å². The number of carboxylic acid groups (broad SMARTS) is 1. The Morgan fingerprint density at radius 1 is 1.27 bits per heavy atom. The second-order valence-corrected chi connectivity index (χ2v) is 5.48. The zero-order valence-electron chi connectivity index (χ0n) is 12.8. The smallest absolute Gasteiger partial charge is 0.308 e. The van der Waals surface area contributed by atoms with Crippen LogP contribution in [0.3, 0.4) is 0 Å². The molecule has 1 fully saturated rings. The fraction of sp³-hybridized carbons (Fsp3) is 0.500. The highest BCUT2D eigenvalue weighted by Crippen LogP contribution is 2.28. The number of methoxy groups -OCH3 is 1. The Hall–Kier alpha value is -2.24. The van der Waals surface area contributed by atoms with Crippen LogP contribution in [-0.2, 0) is 9.59 Å². The Kier molecular flexibility index (Phi) is 5.25. The molecule has 1 aromatic rings. The average Bonchev–Trinajstić information content (AvgIpc) is 3.35. The third-order valence-electron chi connectivity index (χ3n) is 3.62. The van der Waals surface area contributed by atoms with Gasteiger partial charge in [0.25, 0.3) is 5.91 Å². The number of nitrogens with zero attached hydrogens (tertiary/aromatic N) is 1. The average molecular weight is 307 g/mol. The van der Waals surface area contributed by atoms with E-state index in [0.717, 1.165) is 12.8 Å². The summed E-state index contributed by atoms with van der Waals surface area (Å²) in [7, 11) is 1.58. The summed E-state index contributed by atoms with van der Waals surface area (Å²) in [4.78, 5) is 24.8. The molecule has 6 nitrogen and oxygen atoms in total. The van der Waals surface area contributed by atoms with Gasteiger partial charge in [-0.05, 0) is 37.1 Å². The SMILES string of the molecule is COc1ccc(OCC(=O)N(CC(C)C(=O)O)C2CC2)cc1. The van der Waals surface area contributed by atoms with Crippen LogP contribution in [0, 0.1) is 5.92 Å². The lowest BCUT2D eigenvalue weighted by Crippen LogP contribution is -2.41.